The van der Waals surface area contributed by atoms with Gasteiger partial charge in [0.1, 0.15) is 6.33 Å². The highest BCUT2D eigenvalue weighted by Gasteiger charge is 2.10. The number of benzene rings is 1. The van der Waals surface area contributed by atoms with Gasteiger partial charge in [-0.25, -0.2) is 13.1 Å². The molecule has 0 spiro atoms. The molecule has 1 aromatic carbocycles. The Labute approximate surface area is 111 Å². The van der Waals surface area contributed by atoms with Crippen molar-refractivity contribution in [1.29, 1.82) is 0 Å². The summed E-state index contributed by atoms with van der Waals surface area (Å²) in [7, 11) is -3.27. The highest BCUT2D eigenvalue weighted by Crippen LogP contribution is 2.18. The fourth-order valence-electron chi connectivity index (χ4n) is 1.75. The maximum atomic E-state index is 11.7. The van der Waals surface area contributed by atoms with Crippen LogP contribution in [0.5, 0.6) is 0 Å². The summed E-state index contributed by atoms with van der Waals surface area (Å²) >= 11 is 0. The fraction of sp³-hybridized carbons (Fsp3) is 0.364. The first-order chi connectivity index (χ1) is 9.02. The van der Waals surface area contributed by atoms with E-state index in [2.05, 4.69) is 20.2 Å². The smallest absolute Gasteiger partial charge is 0.232 e. The van der Waals surface area contributed by atoms with Gasteiger partial charge in [0.25, 0.3) is 0 Å². The van der Waals surface area contributed by atoms with Crippen LogP contribution in [0.4, 0.5) is 5.69 Å². The normalized spacial score (nSPS) is 11.5. The van der Waals surface area contributed by atoms with Gasteiger partial charge >= 0.3 is 0 Å². The van der Waals surface area contributed by atoms with Crippen LogP contribution in [0.2, 0.25) is 0 Å². The van der Waals surface area contributed by atoms with E-state index >= 15 is 0 Å². The third kappa shape index (κ3) is 3.28. The molecule has 1 N–H and O–H groups in total. The molecule has 0 radical (unpaired) electrons. The summed E-state index contributed by atoms with van der Waals surface area (Å²) in [5.41, 5.74) is 2.23. The van der Waals surface area contributed by atoms with Gasteiger partial charge in [-0.3, -0.25) is 4.72 Å². The summed E-state index contributed by atoms with van der Waals surface area (Å²) in [6, 6.07) is 5.22. The highest BCUT2D eigenvalue weighted by molar-refractivity contribution is 7.92. The average Bonchev–Trinajstić information content (AvgIpc) is 2.81. The summed E-state index contributed by atoms with van der Waals surface area (Å²) in [5, 5.41) is 10.9. The van der Waals surface area contributed by atoms with E-state index < -0.39 is 10.0 Å². The van der Waals surface area contributed by atoms with Crippen LogP contribution < -0.4 is 4.72 Å². The Balaban J connectivity index is 2.25. The molecule has 2 aromatic rings. The van der Waals surface area contributed by atoms with Crippen molar-refractivity contribution in [3.05, 3.63) is 30.1 Å². The van der Waals surface area contributed by atoms with E-state index in [0.717, 1.165) is 11.3 Å². The van der Waals surface area contributed by atoms with Gasteiger partial charge in [0.05, 0.1) is 11.4 Å². The minimum Gasteiger partial charge on any atom is -0.284 e. The van der Waals surface area contributed by atoms with Gasteiger partial charge in [-0.15, -0.1) is 5.10 Å². The summed E-state index contributed by atoms with van der Waals surface area (Å²) in [5.74, 6) is 0.112. The van der Waals surface area contributed by atoms with E-state index in [0.29, 0.717) is 12.1 Å². The van der Waals surface area contributed by atoms with Crippen LogP contribution >= 0.6 is 0 Å². The van der Waals surface area contributed by atoms with Crippen LogP contribution in [-0.4, -0.2) is 34.4 Å². The maximum absolute atomic E-state index is 11.7. The molecule has 1 heterocycles. The number of rotatable bonds is 5. The largest absolute Gasteiger partial charge is 0.284 e. The highest BCUT2D eigenvalue weighted by atomic mass is 32.2. The SMILES string of the molecule is CCCS(=O)(=O)Nc1ccc(-n2cnnn2)c(C)c1. The number of nitrogens with one attached hydrogen (secondary N) is 1. The van der Waals surface area contributed by atoms with Crippen LogP contribution in [0.15, 0.2) is 24.5 Å². The van der Waals surface area contributed by atoms with E-state index in [9.17, 15) is 8.42 Å². The standard InChI is InChI=1S/C11H15N5O2S/c1-3-6-19(17,18)13-10-4-5-11(9(2)7-10)16-8-12-14-15-16/h4-5,7-8,13H,3,6H2,1-2H3. The van der Waals surface area contributed by atoms with E-state index in [1.165, 1.54) is 11.0 Å². The Morgan fingerprint density at radius 2 is 2.16 bits per heavy atom. The summed E-state index contributed by atoms with van der Waals surface area (Å²) < 4.78 is 27.4. The predicted octanol–water partition coefficient (Wildman–Crippen LogP) is 1.12. The van der Waals surface area contributed by atoms with Crippen LogP contribution in [0.3, 0.4) is 0 Å². The van der Waals surface area contributed by atoms with Gasteiger partial charge in [0.15, 0.2) is 0 Å². The Kier molecular flexibility index (Phi) is 3.79. The second kappa shape index (κ2) is 5.35. The molecule has 0 bridgehead atoms. The van der Waals surface area contributed by atoms with Gasteiger partial charge in [-0.2, -0.15) is 0 Å². The molecule has 0 saturated carbocycles. The lowest BCUT2D eigenvalue weighted by Gasteiger charge is -2.10. The Hall–Kier alpha value is -1.96. The first-order valence-electron chi connectivity index (χ1n) is 5.86. The van der Waals surface area contributed by atoms with Gasteiger partial charge in [-0.1, -0.05) is 6.92 Å². The Morgan fingerprint density at radius 3 is 2.74 bits per heavy atom. The van der Waals surface area contributed by atoms with Crippen molar-refractivity contribution in [1.82, 2.24) is 20.2 Å². The lowest BCUT2D eigenvalue weighted by atomic mass is 10.2. The zero-order valence-electron chi connectivity index (χ0n) is 10.7. The second-order valence-corrected chi connectivity index (χ2v) is 6.02. The maximum Gasteiger partial charge on any atom is 0.232 e. The van der Waals surface area contributed by atoms with Crippen LogP contribution in [0.1, 0.15) is 18.9 Å². The quantitative estimate of drug-likeness (QED) is 0.887. The summed E-state index contributed by atoms with van der Waals surface area (Å²) in [6.45, 7) is 3.69. The van der Waals surface area contributed by atoms with Gasteiger partial charge < -0.3 is 0 Å². The molecular weight excluding hydrogens is 266 g/mol. The Morgan fingerprint density at radius 1 is 1.37 bits per heavy atom. The Bertz CT molecular complexity index is 652. The van der Waals surface area contributed by atoms with Crippen LogP contribution in [0, 0.1) is 6.92 Å². The fourth-order valence-corrected chi connectivity index (χ4v) is 2.87. The van der Waals surface area contributed by atoms with Crippen molar-refractivity contribution in [3.8, 4) is 5.69 Å². The summed E-state index contributed by atoms with van der Waals surface area (Å²) in [6.07, 6.45) is 2.07. The minimum atomic E-state index is -3.27. The average molecular weight is 281 g/mol. The van der Waals surface area contributed by atoms with Crippen molar-refractivity contribution in [2.75, 3.05) is 10.5 Å². The van der Waals surface area contributed by atoms with Crippen LogP contribution in [0.25, 0.3) is 5.69 Å². The van der Waals surface area contributed by atoms with Gasteiger partial charge in [0.2, 0.25) is 10.0 Å². The molecule has 7 nitrogen and oxygen atoms in total. The molecule has 0 unspecified atom stereocenters. The van der Waals surface area contributed by atoms with Crippen molar-refractivity contribution >= 4 is 15.7 Å². The number of aromatic nitrogens is 4. The van der Waals surface area contributed by atoms with Crippen molar-refractivity contribution in [2.45, 2.75) is 20.3 Å². The molecule has 0 aliphatic rings. The molecule has 0 aliphatic carbocycles. The number of sulfonamides is 1. The molecule has 19 heavy (non-hydrogen) atoms. The van der Waals surface area contributed by atoms with Gasteiger partial charge in [-0.05, 0) is 47.5 Å². The van der Waals surface area contributed by atoms with E-state index in [1.807, 2.05) is 13.8 Å². The first-order valence-corrected chi connectivity index (χ1v) is 7.51. The molecule has 0 amide bonds. The third-order valence-corrected chi connectivity index (χ3v) is 4.03. The number of anilines is 1. The molecule has 0 saturated heterocycles. The predicted molar refractivity (Wildman–Crippen MR) is 71.6 cm³/mol. The third-order valence-electron chi connectivity index (χ3n) is 2.54. The van der Waals surface area contributed by atoms with Crippen molar-refractivity contribution in [2.24, 2.45) is 0 Å². The monoisotopic (exact) mass is 281 g/mol. The number of hydrogen-bond donors (Lipinski definition) is 1. The van der Waals surface area contributed by atoms with Crippen molar-refractivity contribution < 1.29 is 8.42 Å². The molecule has 102 valence electrons. The van der Waals surface area contributed by atoms with E-state index in [-0.39, 0.29) is 5.75 Å². The number of tetrazole rings is 1. The van der Waals surface area contributed by atoms with Crippen molar-refractivity contribution in [3.63, 3.8) is 0 Å². The lowest BCUT2D eigenvalue weighted by molar-refractivity contribution is 0.600. The molecular formula is C11H15N5O2S. The minimum absolute atomic E-state index is 0.112. The molecule has 2 rings (SSSR count). The first kappa shape index (κ1) is 13.5. The second-order valence-electron chi connectivity index (χ2n) is 4.18. The zero-order valence-corrected chi connectivity index (χ0v) is 11.6. The molecule has 0 fully saturated rings. The molecule has 0 atom stereocenters. The lowest BCUT2D eigenvalue weighted by Crippen LogP contribution is -2.16. The molecule has 8 heteroatoms. The van der Waals surface area contributed by atoms with E-state index in [4.69, 9.17) is 0 Å². The van der Waals surface area contributed by atoms with E-state index in [1.54, 1.807) is 18.2 Å². The zero-order chi connectivity index (χ0) is 13.9. The van der Waals surface area contributed by atoms with Gasteiger partial charge in [0, 0.05) is 5.69 Å². The van der Waals surface area contributed by atoms with Crippen LogP contribution in [-0.2, 0) is 10.0 Å². The number of hydrogen-bond acceptors (Lipinski definition) is 5. The molecule has 0 aliphatic heterocycles. The number of aryl methyl sites for hydroxylation is 1. The molecule has 1 aromatic heterocycles. The summed E-state index contributed by atoms with van der Waals surface area (Å²) in [4.78, 5) is 0. The topological polar surface area (TPSA) is 89.8 Å². The number of nitrogens with zero attached hydrogens (tertiary/aromatic N) is 4.